The summed E-state index contributed by atoms with van der Waals surface area (Å²) in [4.78, 5) is -0.422. The average Bonchev–Trinajstić information content (AvgIpc) is 2.42. The van der Waals surface area contributed by atoms with Crippen LogP contribution in [0, 0.1) is 18.6 Å². The standard InChI is InChI=1S/C15H12Br2F2O/c1-8-5-10(13(19)7-12(8)18)15(17)11-6-9(16)3-4-14(11)20-2/h3-7,15H,1-2H3. The number of hydrogen-bond donors (Lipinski definition) is 0. The molecular formula is C15H12Br2F2O. The van der Waals surface area contributed by atoms with Crippen molar-refractivity contribution < 1.29 is 13.5 Å². The molecule has 0 fully saturated rings. The molecule has 2 rings (SSSR count). The summed E-state index contributed by atoms with van der Waals surface area (Å²) in [7, 11) is 1.55. The fourth-order valence-corrected chi connectivity index (χ4v) is 3.03. The third-order valence-electron chi connectivity index (χ3n) is 3.02. The summed E-state index contributed by atoms with van der Waals surface area (Å²) in [5.74, 6) is -0.499. The van der Waals surface area contributed by atoms with Crippen molar-refractivity contribution in [2.45, 2.75) is 11.8 Å². The molecule has 0 bridgehead atoms. The van der Waals surface area contributed by atoms with Gasteiger partial charge in [0.25, 0.3) is 0 Å². The van der Waals surface area contributed by atoms with Crippen molar-refractivity contribution in [3.05, 3.63) is 63.1 Å². The number of ether oxygens (including phenoxy) is 1. The number of methoxy groups -OCH3 is 1. The van der Waals surface area contributed by atoms with E-state index in [0.717, 1.165) is 16.1 Å². The van der Waals surface area contributed by atoms with Crippen LogP contribution in [-0.2, 0) is 0 Å². The first-order valence-corrected chi connectivity index (χ1v) is 7.58. The van der Waals surface area contributed by atoms with Crippen LogP contribution in [0.25, 0.3) is 0 Å². The van der Waals surface area contributed by atoms with Gasteiger partial charge >= 0.3 is 0 Å². The van der Waals surface area contributed by atoms with E-state index in [1.165, 1.54) is 6.07 Å². The fraction of sp³-hybridized carbons (Fsp3) is 0.200. The van der Waals surface area contributed by atoms with Crippen molar-refractivity contribution in [2.24, 2.45) is 0 Å². The van der Waals surface area contributed by atoms with Gasteiger partial charge in [-0.2, -0.15) is 0 Å². The molecule has 5 heteroatoms. The zero-order valence-corrected chi connectivity index (χ0v) is 14.1. The van der Waals surface area contributed by atoms with E-state index in [2.05, 4.69) is 31.9 Å². The molecule has 0 amide bonds. The van der Waals surface area contributed by atoms with Gasteiger partial charge in [0.15, 0.2) is 0 Å². The van der Waals surface area contributed by atoms with Crippen LogP contribution in [0.5, 0.6) is 5.75 Å². The molecule has 0 spiro atoms. The predicted octanol–water partition coefficient (Wildman–Crippen LogP) is 5.53. The molecule has 0 aliphatic rings. The lowest BCUT2D eigenvalue weighted by atomic mass is 10.0. The molecule has 1 atom stereocenters. The van der Waals surface area contributed by atoms with E-state index in [0.29, 0.717) is 16.9 Å². The Hall–Kier alpha value is -0.940. The van der Waals surface area contributed by atoms with Crippen LogP contribution in [0.2, 0.25) is 0 Å². The number of rotatable bonds is 3. The summed E-state index contributed by atoms with van der Waals surface area (Å²) in [5, 5.41) is 0. The van der Waals surface area contributed by atoms with E-state index in [-0.39, 0.29) is 0 Å². The third-order valence-corrected chi connectivity index (χ3v) is 4.50. The Morgan fingerprint density at radius 1 is 1.05 bits per heavy atom. The summed E-state index contributed by atoms with van der Waals surface area (Å²) in [6, 6.07) is 7.89. The van der Waals surface area contributed by atoms with Gasteiger partial charge < -0.3 is 4.74 Å². The first kappa shape index (κ1) is 15.4. The molecule has 2 aromatic rings. The normalized spacial score (nSPS) is 12.3. The van der Waals surface area contributed by atoms with E-state index in [1.807, 2.05) is 12.1 Å². The highest BCUT2D eigenvalue weighted by atomic mass is 79.9. The van der Waals surface area contributed by atoms with Crippen LogP contribution in [0.3, 0.4) is 0 Å². The number of hydrogen-bond acceptors (Lipinski definition) is 1. The second-order valence-corrected chi connectivity index (χ2v) is 6.20. The highest BCUT2D eigenvalue weighted by molar-refractivity contribution is 9.10. The van der Waals surface area contributed by atoms with Gasteiger partial charge in [-0.1, -0.05) is 31.9 Å². The van der Waals surface area contributed by atoms with Crippen LogP contribution in [0.4, 0.5) is 8.78 Å². The van der Waals surface area contributed by atoms with E-state index in [1.54, 1.807) is 20.1 Å². The Morgan fingerprint density at radius 2 is 1.75 bits per heavy atom. The monoisotopic (exact) mass is 404 g/mol. The number of alkyl halides is 1. The van der Waals surface area contributed by atoms with Crippen molar-refractivity contribution >= 4 is 31.9 Å². The van der Waals surface area contributed by atoms with Gasteiger partial charge in [-0.15, -0.1) is 0 Å². The Balaban J connectivity index is 2.54. The van der Waals surface area contributed by atoms with Crippen LogP contribution in [0.1, 0.15) is 21.5 Å². The Kier molecular flexibility index (Phi) is 4.81. The molecule has 0 saturated carbocycles. The van der Waals surface area contributed by atoms with Crippen molar-refractivity contribution in [3.8, 4) is 5.75 Å². The van der Waals surface area contributed by atoms with E-state index < -0.39 is 16.5 Å². The minimum absolute atomic E-state index is 0.375. The van der Waals surface area contributed by atoms with E-state index in [4.69, 9.17) is 4.74 Å². The number of benzene rings is 2. The number of halogens is 4. The summed E-state index contributed by atoms with van der Waals surface area (Å²) >= 11 is 6.85. The lowest BCUT2D eigenvalue weighted by Crippen LogP contribution is -2.01. The molecule has 0 aliphatic heterocycles. The van der Waals surface area contributed by atoms with E-state index >= 15 is 0 Å². The van der Waals surface area contributed by atoms with Crippen LogP contribution < -0.4 is 4.74 Å². The third kappa shape index (κ3) is 3.04. The molecule has 20 heavy (non-hydrogen) atoms. The summed E-state index contributed by atoms with van der Waals surface area (Å²) in [5.41, 5.74) is 1.55. The Labute approximate surface area is 133 Å². The molecule has 2 aromatic carbocycles. The lowest BCUT2D eigenvalue weighted by Gasteiger charge is -2.16. The first-order valence-electron chi connectivity index (χ1n) is 5.87. The molecule has 1 unspecified atom stereocenters. The summed E-state index contributed by atoms with van der Waals surface area (Å²) < 4.78 is 33.5. The second-order valence-electron chi connectivity index (χ2n) is 4.37. The summed E-state index contributed by atoms with van der Waals surface area (Å²) in [6.45, 7) is 1.61. The van der Waals surface area contributed by atoms with Gasteiger partial charge in [0.2, 0.25) is 0 Å². The zero-order valence-electron chi connectivity index (χ0n) is 10.9. The quantitative estimate of drug-likeness (QED) is 0.610. The fourth-order valence-electron chi connectivity index (χ4n) is 1.94. The molecule has 106 valence electrons. The maximum Gasteiger partial charge on any atom is 0.130 e. The lowest BCUT2D eigenvalue weighted by molar-refractivity contribution is 0.410. The van der Waals surface area contributed by atoms with Crippen LogP contribution >= 0.6 is 31.9 Å². The van der Waals surface area contributed by atoms with Crippen molar-refractivity contribution in [1.29, 1.82) is 0 Å². The molecule has 0 radical (unpaired) electrons. The second kappa shape index (κ2) is 6.22. The van der Waals surface area contributed by atoms with Gasteiger partial charge in [0, 0.05) is 21.7 Å². The predicted molar refractivity (Wildman–Crippen MR) is 82.6 cm³/mol. The molecule has 0 saturated heterocycles. The minimum Gasteiger partial charge on any atom is -0.496 e. The van der Waals surface area contributed by atoms with Gasteiger partial charge in [0.1, 0.15) is 17.4 Å². The van der Waals surface area contributed by atoms with Gasteiger partial charge in [0.05, 0.1) is 11.9 Å². The topological polar surface area (TPSA) is 9.23 Å². The number of aryl methyl sites for hydroxylation is 1. The van der Waals surface area contributed by atoms with Gasteiger partial charge in [-0.05, 0) is 36.8 Å². The van der Waals surface area contributed by atoms with Crippen molar-refractivity contribution in [2.75, 3.05) is 7.11 Å². The molecule has 0 N–H and O–H groups in total. The highest BCUT2D eigenvalue weighted by Crippen LogP contribution is 2.39. The average molecular weight is 406 g/mol. The molecule has 0 aliphatic carbocycles. The largest absolute Gasteiger partial charge is 0.496 e. The van der Waals surface area contributed by atoms with Crippen molar-refractivity contribution in [3.63, 3.8) is 0 Å². The maximum atomic E-state index is 14.0. The van der Waals surface area contributed by atoms with E-state index in [9.17, 15) is 8.78 Å². The first-order chi connectivity index (χ1) is 9.43. The Bertz CT molecular complexity index is 644. The SMILES string of the molecule is COc1ccc(Br)cc1C(Br)c1cc(C)c(F)cc1F. The molecular weight excluding hydrogens is 394 g/mol. The smallest absolute Gasteiger partial charge is 0.130 e. The van der Waals surface area contributed by atoms with Crippen LogP contribution in [-0.4, -0.2) is 7.11 Å². The maximum absolute atomic E-state index is 14.0. The molecule has 0 aromatic heterocycles. The summed E-state index contributed by atoms with van der Waals surface area (Å²) in [6.07, 6.45) is 0. The Morgan fingerprint density at radius 3 is 2.40 bits per heavy atom. The zero-order chi connectivity index (χ0) is 14.9. The van der Waals surface area contributed by atoms with Gasteiger partial charge in [-0.3, -0.25) is 0 Å². The van der Waals surface area contributed by atoms with Crippen molar-refractivity contribution in [1.82, 2.24) is 0 Å². The minimum atomic E-state index is -0.586. The van der Waals surface area contributed by atoms with Gasteiger partial charge in [-0.25, -0.2) is 8.78 Å². The molecule has 1 nitrogen and oxygen atoms in total. The van der Waals surface area contributed by atoms with Crippen LogP contribution in [0.15, 0.2) is 34.8 Å². The highest BCUT2D eigenvalue weighted by Gasteiger charge is 2.20. The molecule has 0 heterocycles.